The number of benzene rings is 1. The fraction of sp³-hybridized carbons (Fsp3) is 0.667. The highest BCUT2D eigenvalue weighted by Crippen LogP contribution is 2.31. The van der Waals surface area contributed by atoms with Gasteiger partial charge in [-0.2, -0.15) is 0 Å². The lowest BCUT2D eigenvalue weighted by molar-refractivity contribution is 0.534. The Labute approximate surface area is 135 Å². The molecule has 21 heavy (non-hydrogen) atoms. The van der Waals surface area contributed by atoms with E-state index in [1.807, 2.05) is 19.2 Å². The van der Waals surface area contributed by atoms with E-state index < -0.39 is 0 Å². The van der Waals surface area contributed by atoms with E-state index in [9.17, 15) is 0 Å². The fourth-order valence-electron chi connectivity index (χ4n) is 2.41. The van der Waals surface area contributed by atoms with Gasteiger partial charge in [0, 0.05) is 19.6 Å². The van der Waals surface area contributed by atoms with Crippen molar-refractivity contribution >= 4 is 17.3 Å². The Morgan fingerprint density at radius 2 is 1.62 bits per heavy atom. The molecule has 2 nitrogen and oxygen atoms in total. The summed E-state index contributed by atoms with van der Waals surface area (Å²) in [6, 6.07) is 6.23. The Balaban J connectivity index is 2.99. The zero-order valence-corrected chi connectivity index (χ0v) is 15.0. The topological polar surface area (TPSA) is 15.3 Å². The van der Waals surface area contributed by atoms with E-state index in [4.69, 9.17) is 11.6 Å². The molecule has 120 valence electrons. The minimum atomic E-state index is 0.710. The maximum atomic E-state index is 6.52. The molecule has 0 bridgehead atoms. The molecule has 0 unspecified atom stereocenters. The number of para-hydroxylation sites is 1. The first-order valence-electron chi connectivity index (χ1n) is 8.12. The van der Waals surface area contributed by atoms with E-state index in [1.54, 1.807) is 0 Å². The predicted octanol–water partition coefficient (Wildman–Crippen LogP) is 4.96. The lowest BCUT2D eigenvalue weighted by Crippen LogP contribution is -2.29. The SMILES string of the molecule is CNCc1cccc(Cl)c1N(CCC(C)C)CCC(C)C. The maximum Gasteiger partial charge on any atom is 0.0642 e. The largest absolute Gasteiger partial charge is 0.370 e. The molecule has 1 N–H and O–H groups in total. The van der Waals surface area contributed by atoms with E-state index in [0.717, 1.165) is 24.7 Å². The molecule has 0 heterocycles. The molecule has 0 saturated carbocycles. The van der Waals surface area contributed by atoms with Gasteiger partial charge in [-0.3, -0.25) is 0 Å². The third-order valence-corrected chi connectivity index (χ3v) is 4.01. The van der Waals surface area contributed by atoms with Crippen LogP contribution >= 0.6 is 11.6 Å². The van der Waals surface area contributed by atoms with Crippen LogP contribution in [0.1, 0.15) is 46.1 Å². The molecule has 0 aliphatic carbocycles. The van der Waals surface area contributed by atoms with Crippen LogP contribution in [0.2, 0.25) is 5.02 Å². The van der Waals surface area contributed by atoms with Crippen molar-refractivity contribution in [3.8, 4) is 0 Å². The van der Waals surface area contributed by atoms with Gasteiger partial charge >= 0.3 is 0 Å². The van der Waals surface area contributed by atoms with Gasteiger partial charge in [-0.05, 0) is 43.4 Å². The van der Waals surface area contributed by atoms with Crippen molar-refractivity contribution in [3.63, 3.8) is 0 Å². The Hall–Kier alpha value is -0.730. The minimum Gasteiger partial charge on any atom is -0.370 e. The Morgan fingerprint density at radius 3 is 2.10 bits per heavy atom. The molecule has 0 radical (unpaired) electrons. The molecule has 1 rings (SSSR count). The summed E-state index contributed by atoms with van der Waals surface area (Å²) in [7, 11) is 1.98. The van der Waals surface area contributed by atoms with E-state index >= 15 is 0 Å². The van der Waals surface area contributed by atoms with Crippen molar-refractivity contribution in [3.05, 3.63) is 28.8 Å². The van der Waals surface area contributed by atoms with Crippen LogP contribution in [0.4, 0.5) is 5.69 Å². The number of hydrogen-bond donors (Lipinski definition) is 1. The summed E-state index contributed by atoms with van der Waals surface area (Å²) in [5.41, 5.74) is 2.51. The van der Waals surface area contributed by atoms with Gasteiger partial charge in [0.1, 0.15) is 0 Å². The minimum absolute atomic E-state index is 0.710. The van der Waals surface area contributed by atoms with Crippen LogP contribution < -0.4 is 10.2 Å². The molecule has 3 heteroatoms. The number of nitrogens with one attached hydrogen (secondary N) is 1. The van der Waals surface area contributed by atoms with Crippen molar-refractivity contribution in [1.29, 1.82) is 0 Å². The highest BCUT2D eigenvalue weighted by molar-refractivity contribution is 6.33. The molecule has 0 aromatic heterocycles. The summed E-state index contributed by atoms with van der Waals surface area (Å²) in [5, 5.41) is 4.12. The second-order valence-electron chi connectivity index (χ2n) is 6.63. The van der Waals surface area contributed by atoms with Crippen LogP contribution in [0.5, 0.6) is 0 Å². The molecule has 1 aromatic rings. The van der Waals surface area contributed by atoms with Crippen molar-refractivity contribution in [2.24, 2.45) is 11.8 Å². The second-order valence-corrected chi connectivity index (χ2v) is 7.04. The van der Waals surface area contributed by atoms with Gasteiger partial charge in [0.05, 0.1) is 10.7 Å². The number of anilines is 1. The molecule has 0 fully saturated rings. The normalized spacial score (nSPS) is 11.4. The number of rotatable bonds is 9. The van der Waals surface area contributed by atoms with Gasteiger partial charge in [0.25, 0.3) is 0 Å². The highest BCUT2D eigenvalue weighted by Gasteiger charge is 2.15. The maximum absolute atomic E-state index is 6.52. The van der Waals surface area contributed by atoms with E-state index in [2.05, 4.69) is 44.0 Å². The third kappa shape index (κ3) is 6.27. The lowest BCUT2D eigenvalue weighted by Gasteiger charge is -2.29. The molecule has 0 aliphatic heterocycles. The molecule has 0 spiro atoms. The molecule has 0 aliphatic rings. The summed E-state index contributed by atoms with van der Waals surface area (Å²) in [6.07, 6.45) is 2.39. The Bertz CT molecular complexity index is 404. The Kier molecular flexibility index (Phi) is 8.13. The first kappa shape index (κ1) is 18.3. The highest BCUT2D eigenvalue weighted by atomic mass is 35.5. The van der Waals surface area contributed by atoms with Crippen LogP contribution in [0.15, 0.2) is 18.2 Å². The van der Waals surface area contributed by atoms with E-state index in [1.165, 1.54) is 24.1 Å². The summed E-state index contributed by atoms with van der Waals surface area (Å²) in [6.45, 7) is 12.1. The van der Waals surface area contributed by atoms with Crippen LogP contribution in [-0.4, -0.2) is 20.1 Å². The summed E-state index contributed by atoms with van der Waals surface area (Å²) >= 11 is 6.52. The van der Waals surface area contributed by atoms with Gasteiger partial charge in [-0.1, -0.05) is 51.4 Å². The molecule has 1 aromatic carbocycles. The van der Waals surface area contributed by atoms with Gasteiger partial charge < -0.3 is 10.2 Å². The smallest absolute Gasteiger partial charge is 0.0642 e. The van der Waals surface area contributed by atoms with Gasteiger partial charge in [-0.15, -0.1) is 0 Å². The molecule has 0 saturated heterocycles. The summed E-state index contributed by atoms with van der Waals surface area (Å²) in [5.74, 6) is 1.42. The fourth-order valence-corrected chi connectivity index (χ4v) is 2.72. The standard InChI is InChI=1S/C18H31ClN2/c1-14(2)9-11-21(12-10-15(3)4)18-16(13-20-5)7-6-8-17(18)19/h6-8,14-15,20H,9-13H2,1-5H3. The van der Waals surface area contributed by atoms with Crippen molar-refractivity contribution in [2.75, 3.05) is 25.0 Å². The van der Waals surface area contributed by atoms with Crippen LogP contribution in [0.3, 0.4) is 0 Å². The molecular formula is C18H31ClN2. The third-order valence-electron chi connectivity index (χ3n) is 3.71. The second kappa shape index (κ2) is 9.32. The Morgan fingerprint density at radius 1 is 1.05 bits per heavy atom. The quantitative estimate of drug-likeness (QED) is 0.693. The first-order valence-corrected chi connectivity index (χ1v) is 8.50. The van der Waals surface area contributed by atoms with Gasteiger partial charge in [-0.25, -0.2) is 0 Å². The number of hydrogen-bond acceptors (Lipinski definition) is 2. The zero-order chi connectivity index (χ0) is 15.8. The van der Waals surface area contributed by atoms with Crippen molar-refractivity contribution in [2.45, 2.75) is 47.1 Å². The average Bonchev–Trinajstić information content (AvgIpc) is 2.40. The summed E-state index contributed by atoms with van der Waals surface area (Å²) < 4.78 is 0. The van der Waals surface area contributed by atoms with E-state index in [-0.39, 0.29) is 0 Å². The predicted molar refractivity (Wildman–Crippen MR) is 95.3 cm³/mol. The number of halogens is 1. The number of nitrogens with zero attached hydrogens (tertiary/aromatic N) is 1. The molecule has 0 amide bonds. The van der Waals surface area contributed by atoms with Crippen LogP contribution in [0, 0.1) is 11.8 Å². The molecular weight excluding hydrogens is 280 g/mol. The monoisotopic (exact) mass is 310 g/mol. The molecule has 0 atom stereocenters. The van der Waals surface area contributed by atoms with Gasteiger partial charge in [0.15, 0.2) is 0 Å². The van der Waals surface area contributed by atoms with Crippen molar-refractivity contribution in [1.82, 2.24) is 5.32 Å². The van der Waals surface area contributed by atoms with Crippen LogP contribution in [-0.2, 0) is 6.54 Å². The average molecular weight is 311 g/mol. The summed E-state index contributed by atoms with van der Waals surface area (Å²) in [4.78, 5) is 2.48. The van der Waals surface area contributed by atoms with E-state index in [0.29, 0.717) is 11.8 Å². The zero-order valence-electron chi connectivity index (χ0n) is 14.2. The lowest BCUT2D eigenvalue weighted by atomic mass is 10.1. The first-order chi connectivity index (χ1) is 9.95. The van der Waals surface area contributed by atoms with Gasteiger partial charge in [0.2, 0.25) is 0 Å². The van der Waals surface area contributed by atoms with Crippen LogP contribution in [0.25, 0.3) is 0 Å². The van der Waals surface area contributed by atoms with Crippen molar-refractivity contribution < 1.29 is 0 Å².